The number of aromatic nitrogens is 1. The van der Waals surface area contributed by atoms with Crippen LogP contribution in [0.25, 0.3) is 0 Å². The fourth-order valence-corrected chi connectivity index (χ4v) is 2.04. The van der Waals surface area contributed by atoms with E-state index in [4.69, 9.17) is 23.2 Å². The summed E-state index contributed by atoms with van der Waals surface area (Å²) in [7, 11) is 1.70. The highest BCUT2D eigenvalue weighted by molar-refractivity contribution is 6.31. The highest BCUT2D eigenvalue weighted by Crippen LogP contribution is 2.17. The molecule has 0 spiro atoms. The van der Waals surface area contributed by atoms with E-state index >= 15 is 0 Å². The molecule has 0 radical (unpaired) electrons. The lowest BCUT2D eigenvalue weighted by Gasteiger charge is -2.17. The van der Waals surface area contributed by atoms with Crippen LogP contribution in [0.4, 0.5) is 0 Å². The van der Waals surface area contributed by atoms with E-state index in [0.717, 1.165) is 5.56 Å². The molecule has 0 bridgehead atoms. The average molecular weight is 295 g/mol. The minimum absolute atomic E-state index is 0.192. The van der Waals surface area contributed by atoms with Crippen molar-refractivity contribution in [2.75, 3.05) is 7.05 Å². The van der Waals surface area contributed by atoms with Crippen LogP contribution in [0.2, 0.25) is 10.2 Å². The smallest absolute Gasteiger partial charge is 0.272 e. The number of nitrogens with zero attached hydrogens (tertiary/aromatic N) is 2. The second-order valence-corrected chi connectivity index (χ2v) is 4.89. The van der Waals surface area contributed by atoms with Gasteiger partial charge in [-0.3, -0.25) is 4.79 Å². The molecule has 98 valence electrons. The van der Waals surface area contributed by atoms with Crippen LogP contribution >= 0.6 is 23.2 Å². The maximum absolute atomic E-state index is 12.2. The lowest BCUT2D eigenvalue weighted by Crippen LogP contribution is -2.27. The van der Waals surface area contributed by atoms with E-state index in [1.165, 1.54) is 0 Å². The number of carbonyl (C=O) groups excluding carboxylic acids is 1. The van der Waals surface area contributed by atoms with Gasteiger partial charge in [0.15, 0.2) is 0 Å². The third-order valence-electron chi connectivity index (χ3n) is 2.65. The zero-order chi connectivity index (χ0) is 13.8. The molecule has 1 heterocycles. The van der Waals surface area contributed by atoms with E-state index in [2.05, 4.69) is 4.98 Å². The van der Waals surface area contributed by atoms with Crippen molar-refractivity contribution >= 4 is 29.1 Å². The number of halogens is 2. The van der Waals surface area contributed by atoms with Crippen molar-refractivity contribution in [1.29, 1.82) is 0 Å². The van der Waals surface area contributed by atoms with Gasteiger partial charge in [-0.05, 0) is 23.8 Å². The number of benzene rings is 1. The molecule has 1 aromatic heterocycles. The highest BCUT2D eigenvalue weighted by Gasteiger charge is 2.14. The zero-order valence-corrected chi connectivity index (χ0v) is 11.8. The van der Waals surface area contributed by atoms with Gasteiger partial charge in [0.1, 0.15) is 10.8 Å². The first-order valence-electron chi connectivity index (χ1n) is 5.69. The Balaban J connectivity index is 2.14. The van der Waals surface area contributed by atoms with Crippen LogP contribution in [0.3, 0.4) is 0 Å². The van der Waals surface area contributed by atoms with Crippen LogP contribution in [0, 0.1) is 0 Å². The quantitative estimate of drug-likeness (QED) is 0.810. The number of hydrogen-bond donors (Lipinski definition) is 0. The molecule has 0 atom stereocenters. The Morgan fingerprint density at radius 1 is 1.16 bits per heavy atom. The molecule has 1 aromatic carbocycles. The second kappa shape index (κ2) is 6.04. The maximum Gasteiger partial charge on any atom is 0.272 e. The Morgan fingerprint density at radius 2 is 1.89 bits per heavy atom. The molecule has 5 heteroatoms. The van der Waals surface area contributed by atoms with Gasteiger partial charge in [-0.15, -0.1) is 0 Å². The first kappa shape index (κ1) is 13.8. The number of amides is 1. The zero-order valence-electron chi connectivity index (χ0n) is 10.3. The summed E-state index contributed by atoms with van der Waals surface area (Å²) in [5.74, 6) is -0.192. The van der Waals surface area contributed by atoms with Crippen LogP contribution in [0.15, 0.2) is 42.5 Å². The van der Waals surface area contributed by atoms with E-state index < -0.39 is 0 Å². The Morgan fingerprint density at radius 3 is 2.58 bits per heavy atom. The fourth-order valence-electron chi connectivity index (χ4n) is 1.68. The van der Waals surface area contributed by atoms with Crippen molar-refractivity contribution in [3.63, 3.8) is 0 Å². The van der Waals surface area contributed by atoms with Crippen LogP contribution in [0.5, 0.6) is 0 Å². The van der Waals surface area contributed by atoms with Gasteiger partial charge in [0, 0.05) is 18.6 Å². The van der Waals surface area contributed by atoms with Gasteiger partial charge in [-0.25, -0.2) is 4.98 Å². The minimum Gasteiger partial charge on any atom is -0.336 e. The fraction of sp³-hybridized carbons (Fsp3) is 0.143. The molecule has 0 aliphatic carbocycles. The molecule has 0 unspecified atom stereocenters. The summed E-state index contributed by atoms with van der Waals surface area (Å²) < 4.78 is 0. The molecular formula is C14H12Cl2N2O. The van der Waals surface area contributed by atoms with E-state index in [1.54, 1.807) is 36.2 Å². The third-order valence-corrected chi connectivity index (χ3v) is 3.23. The van der Waals surface area contributed by atoms with E-state index in [9.17, 15) is 4.79 Å². The van der Waals surface area contributed by atoms with Crippen LogP contribution in [-0.4, -0.2) is 22.8 Å². The SMILES string of the molecule is CN(Cc1ccccc1Cl)C(=O)c1cccc(Cl)n1. The monoisotopic (exact) mass is 294 g/mol. The van der Waals surface area contributed by atoms with Crippen LogP contribution in [0.1, 0.15) is 16.1 Å². The molecule has 19 heavy (non-hydrogen) atoms. The molecule has 0 N–H and O–H groups in total. The van der Waals surface area contributed by atoms with Crippen LogP contribution < -0.4 is 0 Å². The van der Waals surface area contributed by atoms with Crippen molar-refractivity contribution in [3.8, 4) is 0 Å². The van der Waals surface area contributed by atoms with Gasteiger partial charge in [0.2, 0.25) is 0 Å². The Kier molecular flexibility index (Phi) is 4.40. The first-order valence-corrected chi connectivity index (χ1v) is 6.45. The molecule has 3 nitrogen and oxygen atoms in total. The van der Waals surface area contributed by atoms with Gasteiger partial charge < -0.3 is 4.90 Å². The van der Waals surface area contributed by atoms with Crippen molar-refractivity contribution in [3.05, 3.63) is 63.9 Å². The standard InChI is InChI=1S/C14H12Cl2N2O/c1-18(9-10-5-2-3-6-11(10)15)14(19)12-7-4-8-13(16)17-12/h2-8H,9H2,1H3. The Hall–Kier alpha value is -1.58. The average Bonchev–Trinajstić information content (AvgIpc) is 2.40. The molecule has 0 saturated heterocycles. The summed E-state index contributed by atoms with van der Waals surface area (Å²) in [6.07, 6.45) is 0. The largest absolute Gasteiger partial charge is 0.336 e. The molecule has 0 aliphatic rings. The van der Waals surface area contributed by atoms with Gasteiger partial charge in [0.25, 0.3) is 5.91 Å². The topological polar surface area (TPSA) is 33.2 Å². The van der Waals surface area contributed by atoms with Crippen molar-refractivity contribution in [2.45, 2.75) is 6.54 Å². The lowest BCUT2D eigenvalue weighted by atomic mass is 10.2. The number of hydrogen-bond acceptors (Lipinski definition) is 2. The van der Waals surface area contributed by atoms with Crippen molar-refractivity contribution in [1.82, 2.24) is 9.88 Å². The molecule has 1 amide bonds. The Bertz CT molecular complexity index is 602. The normalized spacial score (nSPS) is 10.3. The summed E-state index contributed by atoms with van der Waals surface area (Å²) in [6.45, 7) is 0.423. The molecule has 2 aromatic rings. The summed E-state index contributed by atoms with van der Waals surface area (Å²) in [5.41, 5.74) is 1.21. The van der Waals surface area contributed by atoms with Crippen molar-refractivity contribution in [2.24, 2.45) is 0 Å². The summed E-state index contributed by atoms with van der Waals surface area (Å²) in [5, 5.41) is 0.943. The van der Waals surface area contributed by atoms with Crippen LogP contribution in [-0.2, 0) is 6.54 Å². The maximum atomic E-state index is 12.2. The Labute approximate surface area is 121 Å². The van der Waals surface area contributed by atoms with E-state index in [-0.39, 0.29) is 5.91 Å². The van der Waals surface area contributed by atoms with Crippen molar-refractivity contribution < 1.29 is 4.79 Å². The third kappa shape index (κ3) is 3.46. The number of carbonyl (C=O) groups is 1. The minimum atomic E-state index is -0.192. The lowest BCUT2D eigenvalue weighted by molar-refractivity contribution is 0.0779. The van der Waals surface area contributed by atoms with Gasteiger partial charge in [-0.2, -0.15) is 0 Å². The molecule has 0 aliphatic heterocycles. The van der Waals surface area contributed by atoms with Gasteiger partial charge >= 0.3 is 0 Å². The molecular weight excluding hydrogens is 283 g/mol. The highest BCUT2D eigenvalue weighted by atomic mass is 35.5. The molecule has 2 rings (SSSR count). The predicted octanol–water partition coefficient (Wildman–Crippen LogP) is 3.66. The molecule has 0 fully saturated rings. The predicted molar refractivity (Wildman–Crippen MR) is 76.5 cm³/mol. The van der Waals surface area contributed by atoms with E-state index in [0.29, 0.717) is 22.4 Å². The summed E-state index contributed by atoms with van der Waals surface area (Å²) in [6, 6.07) is 12.4. The summed E-state index contributed by atoms with van der Waals surface area (Å²) >= 11 is 11.8. The summed E-state index contributed by atoms with van der Waals surface area (Å²) in [4.78, 5) is 17.7. The number of pyridine rings is 1. The van der Waals surface area contributed by atoms with Gasteiger partial charge in [0.05, 0.1) is 0 Å². The van der Waals surface area contributed by atoms with E-state index in [1.807, 2.05) is 18.2 Å². The first-order chi connectivity index (χ1) is 9.08. The second-order valence-electron chi connectivity index (χ2n) is 4.10. The van der Waals surface area contributed by atoms with Gasteiger partial charge in [-0.1, -0.05) is 47.5 Å². The number of rotatable bonds is 3. The molecule has 0 saturated carbocycles.